The van der Waals surface area contributed by atoms with Gasteiger partial charge in [-0.1, -0.05) is 5.16 Å². The van der Waals surface area contributed by atoms with E-state index in [1.807, 2.05) is 25.1 Å². The number of hydrogen-bond donors (Lipinski definition) is 2. The van der Waals surface area contributed by atoms with Crippen LogP contribution in [0, 0.1) is 13.8 Å². The fourth-order valence-corrected chi connectivity index (χ4v) is 2.59. The molecule has 3 rings (SSSR count). The number of hydrogen-bond acceptors (Lipinski definition) is 4. The minimum absolute atomic E-state index is 0.0942. The van der Waals surface area contributed by atoms with Gasteiger partial charge in [0, 0.05) is 28.8 Å². The van der Waals surface area contributed by atoms with Crippen molar-refractivity contribution in [2.24, 2.45) is 0 Å². The van der Waals surface area contributed by atoms with E-state index in [0.29, 0.717) is 18.5 Å². The second kappa shape index (κ2) is 5.81. The molecular weight excluding hydrogens is 304 g/mol. The summed E-state index contributed by atoms with van der Waals surface area (Å²) in [7, 11) is 0. The molecule has 0 radical (unpaired) electrons. The van der Waals surface area contributed by atoms with E-state index in [0.717, 1.165) is 27.8 Å². The number of fused-ring (bicyclic) bond motifs is 1. The Balaban J connectivity index is 1.65. The third-order valence-electron chi connectivity index (χ3n) is 3.57. The van der Waals surface area contributed by atoms with Gasteiger partial charge < -0.3 is 9.84 Å². The summed E-state index contributed by atoms with van der Waals surface area (Å²) >= 11 is 5.88. The first-order valence-corrected chi connectivity index (χ1v) is 7.27. The molecule has 0 saturated heterocycles. The number of carbonyl (C=O) groups excluding carboxylic acids is 1. The quantitative estimate of drug-likeness (QED) is 0.772. The Hall–Kier alpha value is -2.34. The van der Waals surface area contributed by atoms with E-state index in [1.54, 1.807) is 6.92 Å². The van der Waals surface area contributed by atoms with Crippen LogP contribution >= 0.6 is 11.6 Å². The predicted molar refractivity (Wildman–Crippen MR) is 84.0 cm³/mol. The molecule has 2 aromatic heterocycles. The van der Waals surface area contributed by atoms with E-state index in [-0.39, 0.29) is 11.1 Å². The van der Waals surface area contributed by atoms with E-state index in [2.05, 4.69) is 20.7 Å². The molecule has 0 fully saturated rings. The molecule has 7 heteroatoms. The fraction of sp³-hybridized carbons (Fsp3) is 0.267. The zero-order valence-corrected chi connectivity index (χ0v) is 13.0. The molecular formula is C15H15ClN4O2. The zero-order valence-electron chi connectivity index (χ0n) is 12.2. The molecule has 22 heavy (non-hydrogen) atoms. The second-order valence-corrected chi connectivity index (χ2v) is 5.49. The number of nitrogens with one attached hydrogen (secondary N) is 2. The van der Waals surface area contributed by atoms with Crippen LogP contribution in [0.3, 0.4) is 0 Å². The highest BCUT2D eigenvalue weighted by molar-refractivity contribution is 6.29. The number of anilines is 1. The first-order valence-electron chi connectivity index (χ1n) is 6.90. The number of aryl methyl sites for hydroxylation is 2. The molecule has 0 atom stereocenters. The summed E-state index contributed by atoms with van der Waals surface area (Å²) in [5.74, 6) is -0.0942. The lowest BCUT2D eigenvalue weighted by molar-refractivity contribution is -0.116. The molecule has 2 heterocycles. The van der Waals surface area contributed by atoms with Crippen LogP contribution in [0.2, 0.25) is 5.22 Å². The molecule has 0 aliphatic rings. The molecule has 114 valence electrons. The van der Waals surface area contributed by atoms with Crippen molar-refractivity contribution in [1.29, 1.82) is 0 Å². The number of aromatic nitrogens is 3. The minimum Gasteiger partial charge on any atom is -0.344 e. The zero-order chi connectivity index (χ0) is 15.7. The highest BCUT2D eigenvalue weighted by Gasteiger charge is 2.13. The van der Waals surface area contributed by atoms with Crippen molar-refractivity contribution < 1.29 is 9.32 Å². The Morgan fingerprint density at radius 2 is 2.23 bits per heavy atom. The van der Waals surface area contributed by atoms with Crippen molar-refractivity contribution in [3.05, 3.63) is 40.4 Å². The fourth-order valence-electron chi connectivity index (χ4n) is 2.33. The van der Waals surface area contributed by atoms with Gasteiger partial charge in [-0.3, -0.25) is 9.89 Å². The van der Waals surface area contributed by atoms with Crippen LogP contribution in [0.4, 0.5) is 5.69 Å². The Bertz CT molecular complexity index is 818. The maximum absolute atomic E-state index is 12.0. The van der Waals surface area contributed by atoms with Gasteiger partial charge in [0.25, 0.3) is 0 Å². The Morgan fingerprint density at radius 3 is 2.95 bits per heavy atom. The number of halogens is 1. The molecule has 6 nitrogen and oxygen atoms in total. The molecule has 0 aliphatic carbocycles. The standard InChI is InChI=1S/C15H15ClN4O2/c1-8-11-4-3-10(7-13(11)19-18-8)17-14(21)6-5-12-9(2)20-22-15(12)16/h3-4,7H,5-6H2,1-2H3,(H,17,21)(H,18,19). The van der Waals surface area contributed by atoms with Gasteiger partial charge in [0.2, 0.25) is 11.1 Å². The number of benzene rings is 1. The van der Waals surface area contributed by atoms with Gasteiger partial charge in [-0.2, -0.15) is 5.10 Å². The van der Waals surface area contributed by atoms with E-state index >= 15 is 0 Å². The van der Waals surface area contributed by atoms with Gasteiger partial charge in [-0.25, -0.2) is 0 Å². The van der Waals surface area contributed by atoms with Crippen molar-refractivity contribution >= 4 is 34.1 Å². The lowest BCUT2D eigenvalue weighted by atomic mass is 10.1. The average molecular weight is 319 g/mol. The minimum atomic E-state index is -0.0942. The van der Waals surface area contributed by atoms with Crippen LogP contribution in [0.5, 0.6) is 0 Å². The van der Waals surface area contributed by atoms with Crippen LogP contribution in [0.25, 0.3) is 10.9 Å². The van der Waals surface area contributed by atoms with Gasteiger partial charge >= 0.3 is 0 Å². The summed E-state index contributed by atoms with van der Waals surface area (Å²) in [5, 5.41) is 15.0. The maximum Gasteiger partial charge on any atom is 0.229 e. The van der Waals surface area contributed by atoms with Crippen molar-refractivity contribution in [2.75, 3.05) is 5.32 Å². The summed E-state index contributed by atoms with van der Waals surface area (Å²) in [6.07, 6.45) is 0.795. The van der Waals surface area contributed by atoms with E-state index < -0.39 is 0 Å². The molecule has 0 unspecified atom stereocenters. The first-order chi connectivity index (χ1) is 10.5. The van der Waals surface area contributed by atoms with Crippen molar-refractivity contribution in [3.8, 4) is 0 Å². The monoisotopic (exact) mass is 318 g/mol. The SMILES string of the molecule is Cc1noc(Cl)c1CCC(=O)Nc1ccc2c(C)[nH]nc2c1. The van der Waals surface area contributed by atoms with Crippen LogP contribution in [-0.4, -0.2) is 21.3 Å². The first kappa shape index (κ1) is 14.6. The number of rotatable bonds is 4. The number of amides is 1. The molecule has 0 aliphatic heterocycles. The number of carbonyl (C=O) groups is 1. The molecule has 1 aromatic carbocycles. The largest absolute Gasteiger partial charge is 0.344 e. The summed E-state index contributed by atoms with van der Waals surface area (Å²) < 4.78 is 4.87. The third-order valence-corrected chi connectivity index (χ3v) is 3.87. The van der Waals surface area contributed by atoms with Crippen LogP contribution in [0.15, 0.2) is 22.7 Å². The smallest absolute Gasteiger partial charge is 0.229 e. The van der Waals surface area contributed by atoms with Crippen molar-refractivity contribution in [1.82, 2.24) is 15.4 Å². The molecule has 0 bridgehead atoms. The normalized spacial score (nSPS) is 11.0. The van der Waals surface area contributed by atoms with E-state index in [1.165, 1.54) is 0 Å². The summed E-state index contributed by atoms with van der Waals surface area (Å²) in [6, 6.07) is 5.64. The van der Waals surface area contributed by atoms with E-state index in [9.17, 15) is 4.79 Å². The van der Waals surface area contributed by atoms with Crippen molar-refractivity contribution in [3.63, 3.8) is 0 Å². The molecule has 0 saturated carbocycles. The van der Waals surface area contributed by atoms with Crippen LogP contribution in [0.1, 0.15) is 23.4 Å². The van der Waals surface area contributed by atoms with Crippen LogP contribution < -0.4 is 5.32 Å². The third kappa shape index (κ3) is 2.82. The molecule has 1 amide bonds. The van der Waals surface area contributed by atoms with Gasteiger partial charge in [0.15, 0.2) is 0 Å². The highest BCUT2D eigenvalue weighted by Crippen LogP contribution is 2.22. The second-order valence-electron chi connectivity index (χ2n) is 5.15. The Kier molecular flexibility index (Phi) is 3.85. The molecule has 3 aromatic rings. The van der Waals surface area contributed by atoms with Gasteiger partial charge in [-0.05, 0) is 50.1 Å². The molecule has 2 N–H and O–H groups in total. The van der Waals surface area contributed by atoms with E-state index in [4.69, 9.17) is 16.1 Å². The lowest BCUT2D eigenvalue weighted by Gasteiger charge is -2.05. The molecule has 0 spiro atoms. The summed E-state index contributed by atoms with van der Waals surface area (Å²) in [5.41, 5.74) is 4.04. The lowest BCUT2D eigenvalue weighted by Crippen LogP contribution is -2.12. The average Bonchev–Trinajstić information content (AvgIpc) is 3.01. The Labute approximate surface area is 131 Å². The van der Waals surface area contributed by atoms with Crippen LogP contribution in [-0.2, 0) is 11.2 Å². The van der Waals surface area contributed by atoms with Gasteiger partial charge in [-0.15, -0.1) is 0 Å². The summed E-state index contributed by atoms with van der Waals surface area (Å²) in [4.78, 5) is 12.0. The Morgan fingerprint density at radius 1 is 1.41 bits per heavy atom. The topological polar surface area (TPSA) is 83.8 Å². The maximum atomic E-state index is 12.0. The van der Waals surface area contributed by atoms with Gasteiger partial charge in [0.1, 0.15) is 0 Å². The van der Waals surface area contributed by atoms with Gasteiger partial charge in [0.05, 0.1) is 11.2 Å². The summed E-state index contributed by atoms with van der Waals surface area (Å²) in [6.45, 7) is 3.76. The van der Waals surface area contributed by atoms with Crippen molar-refractivity contribution in [2.45, 2.75) is 26.7 Å². The number of H-pyrrole nitrogens is 1. The number of aromatic amines is 1. The predicted octanol–water partition coefficient (Wildman–Crippen LogP) is 3.39. The number of nitrogens with zero attached hydrogens (tertiary/aromatic N) is 2. The highest BCUT2D eigenvalue weighted by atomic mass is 35.5.